The monoisotopic (exact) mass is 423 g/mol. The molecule has 5 rings (SSSR count). The lowest BCUT2D eigenvalue weighted by Gasteiger charge is -2.39. The lowest BCUT2D eigenvalue weighted by Crippen LogP contribution is -2.51. The molecule has 0 amide bonds. The summed E-state index contributed by atoms with van der Waals surface area (Å²) in [6.45, 7) is 2.23. The minimum Gasteiger partial charge on any atom is -0.493 e. The molecule has 1 spiro atoms. The van der Waals surface area contributed by atoms with Crippen molar-refractivity contribution >= 4 is 5.96 Å². The summed E-state index contributed by atoms with van der Waals surface area (Å²) >= 11 is 0. The first-order chi connectivity index (χ1) is 15.3. The Morgan fingerprint density at radius 2 is 1.94 bits per heavy atom. The second kappa shape index (κ2) is 9.35. The highest BCUT2D eigenvalue weighted by molar-refractivity contribution is 5.80. The number of aliphatic imine (C=N–C) groups is 1. The van der Waals surface area contributed by atoms with Crippen LogP contribution in [0.1, 0.15) is 62.3 Å². The van der Waals surface area contributed by atoms with E-state index in [0.717, 1.165) is 49.8 Å². The van der Waals surface area contributed by atoms with E-state index in [1.807, 2.05) is 24.3 Å². The van der Waals surface area contributed by atoms with E-state index in [-0.39, 0.29) is 11.6 Å². The Kier molecular flexibility index (Phi) is 6.16. The van der Waals surface area contributed by atoms with Crippen LogP contribution in [-0.2, 0) is 11.2 Å². The first-order valence-corrected chi connectivity index (χ1v) is 11.8. The van der Waals surface area contributed by atoms with Gasteiger partial charge in [0.25, 0.3) is 0 Å². The number of guanidine groups is 1. The number of fused-ring (bicyclic) bond motifs is 1. The van der Waals surface area contributed by atoms with Crippen LogP contribution in [0.2, 0.25) is 0 Å². The highest BCUT2D eigenvalue weighted by Gasteiger charge is 2.40. The van der Waals surface area contributed by atoms with Crippen LogP contribution in [0.3, 0.4) is 0 Å². The van der Waals surface area contributed by atoms with Crippen molar-refractivity contribution in [2.75, 3.05) is 19.8 Å². The minimum absolute atomic E-state index is 0.0838. The smallest absolute Gasteiger partial charge is 0.191 e. The quantitative estimate of drug-likeness (QED) is 0.552. The van der Waals surface area contributed by atoms with Crippen LogP contribution in [0.15, 0.2) is 52.1 Å². The second-order valence-corrected chi connectivity index (χ2v) is 9.00. The Balaban J connectivity index is 1.30. The maximum Gasteiger partial charge on any atom is 0.191 e. The van der Waals surface area contributed by atoms with Crippen LogP contribution in [0, 0.1) is 0 Å². The Morgan fingerprint density at radius 1 is 1.03 bits per heavy atom. The zero-order valence-electron chi connectivity index (χ0n) is 18.1. The number of nitrogens with zero attached hydrogens (tertiary/aromatic N) is 1. The fourth-order valence-electron chi connectivity index (χ4n) is 5.23. The lowest BCUT2D eigenvalue weighted by atomic mass is 9.89. The molecule has 1 aliphatic carbocycles. The summed E-state index contributed by atoms with van der Waals surface area (Å²) in [5.74, 6) is 2.82. The number of hydrogen-bond acceptors (Lipinski definition) is 4. The van der Waals surface area contributed by atoms with Crippen molar-refractivity contribution in [3.63, 3.8) is 0 Å². The van der Waals surface area contributed by atoms with Gasteiger partial charge < -0.3 is 24.5 Å². The molecule has 3 aliphatic rings. The summed E-state index contributed by atoms with van der Waals surface area (Å²) < 4.78 is 17.6. The summed E-state index contributed by atoms with van der Waals surface area (Å²) in [5.41, 5.74) is 1.29. The normalized spacial score (nSPS) is 25.1. The van der Waals surface area contributed by atoms with Gasteiger partial charge in [0.15, 0.2) is 5.96 Å². The summed E-state index contributed by atoms with van der Waals surface area (Å²) in [6.07, 6.45) is 10.5. The first kappa shape index (κ1) is 20.4. The second-order valence-electron chi connectivity index (χ2n) is 9.00. The Morgan fingerprint density at radius 3 is 2.81 bits per heavy atom. The van der Waals surface area contributed by atoms with E-state index in [9.17, 15) is 0 Å². The van der Waals surface area contributed by atoms with Crippen molar-refractivity contribution in [1.82, 2.24) is 10.6 Å². The van der Waals surface area contributed by atoms with Gasteiger partial charge in [0.2, 0.25) is 0 Å². The van der Waals surface area contributed by atoms with Crippen molar-refractivity contribution in [2.24, 2.45) is 4.99 Å². The standard InChI is InChI=1S/C25H33N3O3/c1-2-8-23-21(7-1)22(11-16-30-23)28-24(26-14-9-20-6-5-15-29-20)27-19-10-17-31-25(18-19)12-3-4-13-25/h1-2,5-8,15,19,22H,3-4,9-14,16-18H2,(H2,26,27,28). The number of ether oxygens (including phenoxy) is 2. The SMILES string of the molecule is c1coc(CCN=C(NC2CCOC3(CCCC3)C2)NC2CCOc3ccccc32)c1. The summed E-state index contributed by atoms with van der Waals surface area (Å²) in [6, 6.07) is 12.8. The van der Waals surface area contributed by atoms with Crippen molar-refractivity contribution < 1.29 is 13.9 Å². The molecule has 2 unspecified atom stereocenters. The van der Waals surface area contributed by atoms with Crippen LogP contribution in [0.25, 0.3) is 0 Å². The molecule has 1 aromatic heterocycles. The van der Waals surface area contributed by atoms with E-state index >= 15 is 0 Å². The molecule has 31 heavy (non-hydrogen) atoms. The maximum absolute atomic E-state index is 6.24. The van der Waals surface area contributed by atoms with Crippen molar-refractivity contribution in [3.05, 3.63) is 54.0 Å². The maximum atomic E-state index is 6.24. The third-order valence-electron chi connectivity index (χ3n) is 6.83. The molecule has 2 N–H and O–H groups in total. The molecule has 3 heterocycles. The Bertz CT molecular complexity index is 874. The number of nitrogens with one attached hydrogen (secondary N) is 2. The molecule has 0 radical (unpaired) electrons. The van der Waals surface area contributed by atoms with Gasteiger partial charge in [0, 0.05) is 37.6 Å². The average molecular weight is 424 g/mol. The van der Waals surface area contributed by atoms with E-state index in [0.29, 0.717) is 19.2 Å². The topological polar surface area (TPSA) is 68.0 Å². The van der Waals surface area contributed by atoms with Crippen LogP contribution in [0.5, 0.6) is 5.75 Å². The predicted octanol–water partition coefficient (Wildman–Crippen LogP) is 4.37. The molecule has 166 valence electrons. The molecule has 1 saturated heterocycles. The molecule has 2 aromatic rings. The van der Waals surface area contributed by atoms with Gasteiger partial charge in [0.1, 0.15) is 11.5 Å². The molecular formula is C25H33N3O3. The van der Waals surface area contributed by atoms with Crippen molar-refractivity contribution in [1.29, 1.82) is 0 Å². The van der Waals surface area contributed by atoms with Crippen LogP contribution in [-0.4, -0.2) is 37.4 Å². The van der Waals surface area contributed by atoms with Crippen LogP contribution in [0.4, 0.5) is 0 Å². The van der Waals surface area contributed by atoms with Gasteiger partial charge in [-0.15, -0.1) is 0 Å². The number of benzene rings is 1. The molecule has 2 fully saturated rings. The number of rotatable bonds is 5. The molecule has 0 bridgehead atoms. The van der Waals surface area contributed by atoms with Crippen LogP contribution < -0.4 is 15.4 Å². The lowest BCUT2D eigenvalue weighted by molar-refractivity contribution is -0.0815. The van der Waals surface area contributed by atoms with Crippen LogP contribution >= 0.6 is 0 Å². The van der Waals surface area contributed by atoms with E-state index < -0.39 is 0 Å². The molecule has 2 aliphatic heterocycles. The molecule has 2 atom stereocenters. The zero-order chi connectivity index (χ0) is 20.9. The molecular weight excluding hydrogens is 390 g/mol. The molecule has 6 heteroatoms. The zero-order valence-corrected chi connectivity index (χ0v) is 18.1. The fraction of sp³-hybridized carbons (Fsp3) is 0.560. The Hall–Kier alpha value is -2.47. The van der Waals surface area contributed by atoms with E-state index in [2.05, 4.69) is 22.8 Å². The molecule has 6 nitrogen and oxygen atoms in total. The predicted molar refractivity (Wildman–Crippen MR) is 120 cm³/mol. The third-order valence-corrected chi connectivity index (χ3v) is 6.83. The summed E-state index contributed by atoms with van der Waals surface area (Å²) in [5, 5.41) is 7.46. The van der Waals surface area contributed by atoms with Crippen molar-refractivity contribution in [3.8, 4) is 5.75 Å². The van der Waals surface area contributed by atoms with Crippen molar-refractivity contribution in [2.45, 2.75) is 69.1 Å². The highest BCUT2D eigenvalue weighted by Crippen LogP contribution is 2.40. The average Bonchev–Trinajstić information content (AvgIpc) is 3.47. The largest absolute Gasteiger partial charge is 0.493 e. The first-order valence-electron chi connectivity index (χ1n) is 11.8. The van der Waals surface area contributed by atoms with E-state index in [4.69, 9.17) is 18.9 Å². The molecule has 1 saturated carbocycles. The highest BCUT2D eigenvalue weighted by atomic mass is 16.5. The fourth-order valence-corrected chi connectivity index (χ4v) is 5.23. The summed E-state index contributed by atoms with van der Waals surface area (Å²) in [7, 11) is 0. The number of para-hydroxylation sites is 1. The summed E-state index contributed by atoms with van der Waals surface area (Å²) in [4.78, 5) is 4.93. The third kappa shape index (κ3) is 4.90. The van der Waals surface area contributed by atoms with Gasteiger partial charge in [-0.05, 0) is 43.9 Å². The van der Waals surface area contributed by atoms with Gasteiger partial charge in [-0.2, -0.15) is 0 Å². The van der Waals surface area contributed by atoms with Gasteiger partial charge in [-0.1, -0.05) is 31.0 Å². The minimum atomic E-state index is 0.0838. The number of furan rings is 1. The Labute approximate surface area is 184 Å². The number of hydrogen-bond donors (Lipinski definition) is 2. The van der Waals surface area contributed by atoms with Gasteiger partial charge in [-0.3, -0.25) is 4.99 Å². The van der Waals surface area contributed by atoms with Gasteiger partial charge in [-0.25, -0.2) is 0 Å². The van der Waals surface area contributed by atoms with Gasteiger partial charge >= 0.3 is 0 Å². The van der Waals surface area contributed by atoms with E-state index in [1.54, 1.807) is 6.26 Å². The molecule has 1 aromatic carbocycles. The van der Waals surface area contributed by atoms with E-state index in [1.165, 1.54) is 31.2 Å². The van der Waals surface area contributed by atoms with Gasteiger partial charge in [0.05, 0.1) is 24.5 Å².